The van der Waals surface area contributed by atoms with E-state index in [-0.39, 0.29) is 42.5 Å². The molecule has 9 heteroatoms. The molecule has 176 valence electrons. The lowest BCUT2D eigenvalue weighted by Gasteiger charge is -2.09. The Bertz CT molecular complexity index is 428. The average molecular weight is 435 g/mol. The Labute approximate surface area is 178 Å². The number of aliphatic hydroxyl groups is 3. The summed E-state index contributed by atoms with van der Waals surface area (Å²) in [5.74, 6) is -2.75. The van der Waals surface area contributed by atoms with E-state index in [0.29, 0.717) is 0 Å². The van der Waals surface area contributed by atoms with Crippen LogP contribution in [0.4, 0.5) is 0 Å². The van der Waals surface area contributed by atoms with Crippen LogP contribution in [0.2, 0.25) is 0 Å². The number of carboxylic acid groups (broad SMARTS) is 3. The third kappa shape index (κ3) is 36.4. The van der Waals surface area contributed by atoms with Crippen LogP contribution in [0.25, 0.3) is 0 Å². The largest absolute Gasteiger partial charge is 0.478 e. The summed E-state index contributed by atoms with van der Waals surface area (Å²) < 4.78 is 0. The molecular weight excluding hydrogens is 396 g/mol. The first-order valence-electron chi connectivity index (χ1n) is 9.27. The van der Waals surface area contributed by atoms with Gasteiger partial charge in [-0.2, -0.15) is 0 Å². The van der Waals surface area contributed by atoms with E-state index >= 15 is 0 Å². The van der Waals surface area contributed by atoms with Crippen LogP contribution in [0, 0.1) is 5.92 Å². The Morgan fingerprint density at radius 2 is 0.900 bits per heavy atom. The lowest BCUT2D eigenvalue weighted by molar-refractivity contribution is -0.133. The number of unbranched alkanes of at least 4 members (excludes halogenated alkanes) is 3. The minimum absolute atomic E-state index is 0.0547. The highest BCUT2D eigenvalue weighted by atomic mass is 16.4. The van der Waals surface area contributed by atoms with E-state index in [4.69, 9.17) is 30.6 Å². The third-order valence-electron chi connectivity index (χ3n) is 3.13. The van der Waals surface area contributed by atoms with E-state index < -0.39 is 17.9 Å². The van der Waals surface area contributed by atoms with Crippen LogP contribution in [0.15, 0.2) is 36.5 Å². The summed E-state index contributed by atoms with van der Waals surface area (Å²) in [5.41, 5.74) is 0.528. The number of carboxylic acids is 3. The van der Waals surface area contributed by atoms with Gasteiger partial charge in [-0.05, 0) is 33.6 Å². The zero-order valence-electron chi connectivity index (χ0n) is 18.3. The number of aliphatic hydroxyl groups excluding tert-OH is 3. The van der Waals surface area contributed by atoms with Crippen molar-refractivity contribution in [3.8, 4) is 0 Å². The van der Waals surface area contributed by atoms with Crippen LogP contribution in [-0.2, 0) is 14.4 Å². The van der Waals surface area contributed by atoms with Crippen molar-refractivity contribution in [2.24, 2.45) is 5.92 Å². The van der Waals surface area contributed by atoms with Crippen molar-refractivity contribution in [2.45, 2.75) is 52.9 Å². The highest BCUT2D eigenvalue weighted by Crippen LogP contribution is 2.09. The molecule has 0 aromatic carbocycles. The quantitative estimate of drug-likeness (QED) is 0.211. The molecule has 0 aliphatic carbocycles. The molecule has 0 radical (unpaired) electrons. The van der Waals surface area contributed by atoms with E-state index in [0.717, 1.165) is 32.1 Å². The molecule has 0 fully saturated rings. The zero-order valence-corrected chi connectivity index (χ0v) is 18.3. The van der Waals surface area contributed by atoms with Crippen LogP contribution >= 0.6 is 0 Å². The van der Waals surface area contributed by atoms with E-state index in [1.807, 2.05) is 0 Å². The standard InChI is InChI=1S/C9H20O3.3C4H6O2/c10-6-4-2-1-3-5-9(7-11)8-12;3*1-3(2)4(5)6/h9-12H,1-8H2;3*1H2,2H3,(H,5,6). The van der Waals surface area contributed by atoms with Crippen LogP contribution in [0.5, 0.6) is 0 Å². The number of rotatable bonds is 11. The van der Waals surface area contributed by atoms with Gasteiger partial charge in [0.25, 0.3) is 0 Å². The fraction of sp³-hybridized carbons (Fsp3) is 0.571. The van der Waals surface area contributed by atoms with Crippen LogP contribution < -0.4 is 0 Å². The second kappa shape index (κ2) is 24.5. The fourth-order valence-electron chi connectivity index (χ4n) is 1.14. The molecule has 6 N–H and O–H groups in total. The van der Waals surface area contributed by atoms with Crippen molar-refractivity contribution in [3.63, 3.8) is 0 Å². The molecule has 0 unspecified atom stereocenters. The minimum atomic E-state index is -0.935. The van der Waals surface area contributed by atoms with Crippen molar-refractivity contribution >= 4 is 17.9 Å². The molecule has 0 aromatic heterocycles. The topological polar surface area (TPSA) is 173 Å². The predicted octanol–water partition coefficient (Wildman–Crippen LogP) is 2.47. The second-order valence-corrected chi connectivity index (χ2v) is 6.41. The van der Waals surface area contributed by atoms with Gasteiger partial charge in [-0.25, -0.2) is 14.4 Å². The predicted molar refractivity (Wildman–Crippen MR) is 115 cm³/mol. The fourth-order valence-corrected chi connectivity index (χ4v) is 1.14. The van der Waals surface area contributed by atoms with E-state index in [1.165, 1.54) is 20.8 Å². The number of hydrogen-bond acceptors (Lipinski definition) is 6. The average Bonchev–Trinajstić information content (AvgIpc) is 2.66. The molecule has 0 saturated carbocycles. The smallest absolute Gasteiger partial charge is 0.330 e. The van der Waals surface area contributed by atoms with Gasteiger partial charge in [-0.15, -0.1) is 0 Å². The number of carbonyl (C=O) groups is 3. The summed E-state index contributed by atoms with van der Waals surface area (Å²) in [5, 5.41) is 49.6. The molecule has 9 nitrogen and oxygen atoms in total. The Balaban J connectivity index is -0.000000161. The summed E-state index contributed by atoms with van der Waals surface area (Å²) >= 11 is 0. The van der Waals surface area contributed by atoms with Gasteiger partial charge < -0.3 is 30.6 Å². The molecule has 0 rings (SSSR count). The maximum absolute atomic E-state index is 9.60. The van der Waals surface area contributed by atoms with Gasteiger partial charge in [0.05, 0.1) is 0 Å². The number of aliphatic carboxylic acids is 3. The highest BCUT2D eigenvalue weighted by Gasteiger charge is 2.04. The Morgan fingerprint density at radius 3 is 1.10 bits per heavy atom. The second-order valence-electron chi connectivity index (χ2n) is 6.41. The lowest BCUT2D eigenvalue weighted by atomic mass is 10.0. The van der Waals surface area contributed by atoms with E-state index in [1.54, 1.807) is 0 Å². The zero-order chi connectivity index (χ0) is 24.7. The van der Waals surface area contributed by atoms with Crippen molar-refractivity contribution in [2.75, 3.05) is 19.8 Å². The minimum Gasteiger partial charge on any atom is -0.478 e. The van der Waals surface area contributed by atoms with Gasteiger partial charge in [-0.1, -0.05) is 39.0 Å². The van der Waals surface area contributed by atoms with Gasteiger partial charge in [0.1, 0.15) is 0 Å². The first-order chi connectivity index (χ1) is 13.8. The Hall–Kier alpha value is -2.49. The third-order valence-corrected chi connectivity index (χ3v) is 3.13. The van der Waals surface area contributed by atoms with Crippen molar-refractivity contribution < 1.29 is 45.0 Å². The Morgan fingerprint density at radius 1 is 0.633 bits per heavy atom. The molecule has 0 aromatic rings. The molecule has 0 atom stereocenters. The lowest BCUT2D eigenvalue weighted by Crippen LogP contribution is -2.10. The van der Waals surface area contributed by atoms with Crippen molar-refractivity contribution in [1.82, 2.24) is 0 Å². The van der Waals surface area contributed by atoms with E-state index in [2.05, 4.69) is 19.7 Å². The summed E-state index contributed by atoms with van der Waals surface area (Å²) in [4.78, 5) is 28.8. The molecule has 0 bridgehead atoms. The summed E-state index contributed by atoms with van der Waals surface area (Å²) in [6.07, 6.45) is 4.91. The van der Waals surface area contributed by atoms with Gasteiger partial charge >= 0.3 is 17.9 Å². The molecule has 0 aliphatic rings. The monoisotopic (exact) mass is 434 g/mol. The molecule has 0 saturated heterocycles. The molecule has 0 heterocycles. The van der Waals surface area contributed by atoms with Gasteiger partial charge in [0.15, 0.2) is 0 Å². The van der Waals surface area contributed by atoms with E-state index in [9.17, 15) is 14.4 Å². The van der Waals surface area contributed by atoms with Crippen LogP contribution in [-0.4, -0.2) is 68.4 Å². The number of hydrogen-bond donors (Lipinski definition) is 6. The van der Waals surface area contributed by atoms with Gasteiger partial charge in [0.2, 0.25) is 0 Å². The first-order valence-corrected chi connectivity index (χ1v) is 9.27. The molecular formula is C21H38O9. The Kier molecular flexibility index (Phi) is 28.6. The molecule has 0 aliphatic heterocycles. The SMILES string of the molecule is C=C(C)C(=O)O.C=C(C)C(=O)O.C=C(C)C(=O)O.OCCCCCCC(CO)CO. The van der Waals surface area contributed by atoms with Crippen molar-refractivity contribution in [3.05, 3.63) is 36.5 Å². The first kappa shape index (κ1) is 35.0. The van der Waals surface area contributed by atoms with Gasteiger partial charge in [0, 0.05) is 42.5 Å². The molecule has 0 amide bonds. The normalized spacial score (nSPS) is 8.90. The maximum atomic E-state index is 9.60. The highest BCUT2D eigenvalue weighted by molar-refractivity contribution is 5.85. The van der Waals surface area contributed by atoms with Crippen molar-refractivity contribution in [1.29, 1.82) is 0 Å². The van der Waals surface area contributed by atoms with Crippen LogP contribution in [0.1, 0.15) is 52.9 Å². The van der Waals surface area contributed by atoms with Gasteiger partial charge in [-0.3, -0.25) is 0 Å². The van der Waals surface area contributed by atoms with Crippen LogP contribution in [0.3, 0.4) is 0 Å². The summed E-state index contributed by atoms with van der Waals surface area (Å²) in [6, 6.07) is 0. The summed E-state index contributed by atoms with van der Waals surface area (Å²) in [6.45, 7) is 14.2. The molecule has 30 heavy (non-hydrogen) atoms. The molecule has 0 spiro atoms. The summed E-state index contributed by atoms with van der Waals surface area (Å²) in [7, 11) is 0. The maximum Gasteiger partial charge on any atom is 0.330 e.